The number of carboxylic acid groups (broad SMARTS) is 1. The number of benzene rings is 1. The van der Waals surface area contributed by atoms with Crippen molar-refractivity contribution in [2.45, 2.75) is 19.0 Å². The number of hydrogen-bond acceptors (Lipinski definition) is 3. The summed E-state index contributed by atoms with van der Waals surface area (Å²) in [5, 5.41) is 18.0. The molecule has 0 fully saturated rings. The number of alkyl halides is 3. The van der Waals surface area contributed by atoms with Crippen molar-refractivity contribution in [1.82, 2.24) is 0 Å². The zero-order valence-corrected chi connectivity index (χ0v) is 10.4. The summed E-state index contributed by atoms with van der Waals surface area (Å²) in [7, 11) is 0. The Labute approximate surface area is 112 Å². The minimum absolute atomic E-state index is 0.118. The average molecular weight is 293 g/mol. The highest BCUT2D eigenvalue weighted by atomic mass is 35.5. The largest absolute Gasteiger partial charge is 0.479 e. The fraction of sp³-hybridized carbons (Fsp3) is 0.333. The maximum absolute atomic E-state index is 12.8. The van der Waals surface area contributed by atoms with Crippen LogP contribution in [-0.4, -0.2) is 27.8 Å². The van der Waals surface area contributed by atoms with Crippen LogP contribution in [0, 0.1) is 0 Å². The Balaban J connectivity index is 3.15. The second kappa shape index (κ2) is 6.58. The lowest BCUT2D eigenvalue weighted by atomic mass is 9.98. The number of carboxylic acids is 1. The molecule has 1 atom stereocenters. The van der Waals surface area contributed by atoms with Crippen LogP contribution < -0.4 is 0 Å². The zero-order valence-electron chi connectivity index (χ0n) is 9.65. The van der Waals surface area contributed by atoms with Crippen molar-refractivity contribution >= 4 is 23.4 Å². The highest BCUT2D eigenvalue weighted by molar-refractivity contribution is 6.27. The van der Waals surface area contributed by atoms with E-state index < -0.39 is 24.1 Å². The molecule has 0 amide bonds. The molecule has 0 spiro atoms. The number of halogens is 3. The molecule has 0 aliphatic rings. The maximum atomic E-state index is 12.8. The van der Waals surface area contributed by atoms with Crippen LogP contribution in [0.25, 0.3) is 0 Å². The lowest BCUT2D eigenvalue weighted by molar-refractivity contribution is -0.147. The van der Waals surface area contributed by atoms with E-state index in [0.29, 0.717) is 5.56 Å². The van der Waals surface area contributed by atoms with Crippen molar-refractivity contribution in [2.24, 2.45) is 0 Å². The van der Waals surface area contributed by atoms with Gasteiger partial charge in [-0.1, -0.05) is 12.1 Å². The first-order chi connectivity index (χ1) is 8.86. The molecule has 0 aliphatic heterocycles. The standard InChI is InChI=1S/C12H11ClF2O4/c13-5-7(16)3-6-1-2-8(10(17)12(18)19)9(4-6)11(14)15/h1-2,4,10-11,17H,3,5H2,(H,18,19). The number of carbonyl (C=O) groups is 2. The lowest BCUT2D eigenvalue weighted by Gasteiger charge is -2.13. The van der Waals surface area contributed by atoms with E-state index in [1.807, 2.05) is 0 Å². The molecule has 104 valence electrons. The minimum atomic E-state index is -2.95. The summed E-state index contributed by atoms with van der Waals surface area (Å²) in [6, 6.07) is 3.41. The first-order valence-electron chi connectivity index (χ1n) is 5.26. The van der Waals surface area contributed by atoms with Crippen LogP contribution in [0.4, 0.5) is 8.78 Å². The predicted molar refractivity (Wildman–Crippen MR) is 63.4 cm³/mol. The van der Waals surface area contributed by atoms with Crippen LogP contribution in [0.5, 0.6) is 0 Å². The molecule has 0 bridgehead atoms. The van der Waals surface area contributed by atoms with E-state index in [0.717, 1.165) is 12.1 Å². The molecule has 1 unspecified atom stereocenters. The van der Waals surface area contributed by atoms with Gasteiger partial charge in [-0.15, -0.1) is 11.6 Å². The van der Waals surface area contributed by atoms with Crippen molar-refractivity contribution < 1.29 is 28.6 Å². The van der Waals surface area contributed by atoms with E-state index in [1.54, 1.807) is 0 Å². The van der Waals surface area contributed by atoms with Gasteiger partial charge in [0.25, 0.3) is 6.43 Å². The molecule has 1 rings (SSSR count). The van der Waals surface area contributed by atoms with Crippen molar-refractivity contribution in [3.8, 4) is 0 Å². The summed E-state index contributed by atoms with van der Waals surface area (Å²) in [6.45, 7) is 0. The molecule has 1 aromatic carbocycles. The monoisotopic (exact) mass is 292 g/mol. The molecule has 0 radical (unpaired) electrons. The Hall–Kier alpha value is -1.53. The quantitative estimate of drug-likeness (QED) is 0.787. The Bertz CT molecular complexity index is 491. The molecule has 1 aromatic rings. The van der Waals surface area contributed by atoms with Gasteiger partial charge in [-0.25, -0.2) is 13.6 Å². The summed E-state index contributed by atoms with van der Waals surface area (Å²) in [5.74, 6) is -2.19. The van der Waals surface area contributed by atoms with Crippen LogP contribution in [-0.2, 0) is 16.0 Å². The Morgan fingerprint density at radius 3 is 2.37 bits per heavy atom. The van der Waals surface area contributed by atoms with Crippen LogP contribution in [0.2, 0.25) is 0 Å². The third-order valence-corrected chi connectivity index (χ3v) is 2.76. The summed E-state index contributed by atoms with van der Waals surface area (Å²) in [6.07, 6.45) is -5.09. The summed E-state index contributed by atoms with van der Waals surface area (Å²) in [5.41, 5.74) is -0.693. The topological polar surface area (TPSA) is 74.6 Å². The number of hydrogen-bond donors (Lipinski definition) is 2. The Morgan fingerprint density at radius 1 is 1.26 bits per heavy atom. The highest BCUT2D eigenvalue weighted by Crippen LogP contribution is 2.29. The van der Waals surface area contributed by atoms with Crippen LogP contribution in [0.3, 0.4) is 0 Å². The third kappa shape index (κ3) is 3.97. The van der Waals surface area contributed by atoms with Gasteiger partial charge in [0.1, 0.15) is 0 Å². The third-order valence-electron chi connectivity index (χ3n) is 2.47. The zero-order chi connectivity index (χ0) is 14.6. The highest BCUT2D eigenvalue weighted by Gasteiger charge is 2.24. The van der Waals surface area contributed by atoms with Crippen LogP contribution in [0.15, 0.2) is 18.2 Å². The van der Waals surface area contributed by atoms with Gasteiger partial charge in [0.2, 0.25) is 0 Å². The molecular formula is C12H11ClF2O4. The lowest BCUT2D eigenvalue weighted by Crippen LogP contribution is -2.14. The number of rotatable bonds is 6. The number of aliphatic hydroxyl groups is 1. The van der Waals surface area contributed by atoms with Crippen molar-refractivity contribution in [2.75, 3.05) is 5.88 Å². The molecule has 0 aromatic heterocycles. The molecule has 0 saturated heterocycles. The van der Waals surface area contributed by atoms with Gasteiger partial charge in [-0.05, 0) is 11.6 Å². The SMILES string of the molecule is O=C(CCl)Cc1ccc(C(O)C(=O)O)c(C(F)F)c1. The normalized spacial score (nSPS) is 12.5. The van der Waals surface area contributed by atoms with E-state index >= 15 is 0 Å². The molecule has 0 saturated carbocycles. The molecule has 7 heteroatoms. The van der Waals surface area contributed by atoms with Gasteiger partial charge < -0.3 is 10.2 Å². The van der Waals surface area contributed by atoms with Gasteiger partial charge in [0.05, 0.1) is 5.88 Å². The fourth-order valence-electron chi connectivity index (χ4n) is 1.58. The van der Waals surface area contributed by atoms with Gasteiger partial charge >= 0.3 is 5.97 Å². The van der Waals surface area contributed by atoms with E-state index in [-0.39, 0.29) is 23.6 Å². The molecular weight excluding hydrogens is 282 g/mol. The van der Waals surface area contributed by atoms with Gasteiger partial charge in [0, 0.05) is 17.5 Å². The van der Waals surface area contributed by atoms with Gasteiger partial charge in [-0.3, -0.25) is 4.79 Å². The van der Waals surface area contributed by atoms with Crippen molar-refractivity contribution in [1.29, 1.82) is 0 Å². The van der Waals surface area contributed by atoms with Crippen LogP contribution >= 0.6 is 11.6 Å². The second-order valence-electron chi connectivity index (χ2n) is 3.85. The molecule has 0 aliphatic carbocycles. The Morgan fingerprint density at radius 2 is 1.89 bits per heavy atom. The summed E-state index contributed by atoms with van der Waals surface area (Å²) >= 11 is 5.31. The van der Waals surface area contributed by atoms with E-state index in [9.17, 15) is 23.5 Å². The molecule has 2 N–H and O–H groups in total. The fourth-order valence-corrected chi connectivity index (χ4v) is 1.67. The van der Waals surface area contributed by atoms with Crippen molar-refractivity contribution in [3.63, 3.8) is 0 Å². The van der Waals surface area contributed by atoms with E-state index in [2.05, 4.69) is 0 Å². The Kier molecular flexibility index (Phi) is 5.38. The number of aliphatic carboxylic acids is 1. The number of carbonyl (C=O) groups excluding carboxylic acids is 1. The van der Waals surface area contributed by atoms with E-state index in [1.165, 1.54) is 6.07 Å². The summed E-state index contributed by atoms with van der Waals surface area (Å²) in [4.78, 5) is 21.7. The van der Waals surface area contributed by atoms with Gasteiger partial charge in [-0.2, -0.15) is 0 Å². The molecule has 19 heavy (non-hydrogen) atoms. The average Bonchev–Trinajstić information content (AvgIpc) is 2.37. The number of aliphatic hydroxyl groups excluding tert-OH is 1. The molecule has 4 nitrogen and oxygen atoms in total. The molecule has 0 heterocycles. The number of ketones is 1. The second-order valence-corrected chi connectivity index (χ2v) is 4.12. The number of Topliss-reactive ketones (excluding diaryl/α,β-unsaturated/α-hetero) is 1. The summed E-state index contributed by atoms with van der Waals surface area (Å²) < 4.78 is 25.7. The van der Waals surface area contributed by atoms with Crippen LogP contribution in [0.1, 0.15) is 29.2 Å². The van der Waals surface area contributed by atoms with Crippen molar-refractivity contribution in [3.05, 3.63) is 34.9 Å². The predicted octanol–water partition coefficient (Wildman–Crippen LogP) is 2.09. The first-order valence-corrected chi connectivity index (χ1v) is 5.79. The minimum Gasteiger partial charge on any atom is -0.479 e. The first kappa shape index (κ1) is 15.5. The maximum Gasteiger partial charge on any atom is 0.337 e. The van der Waals surface area contributed by atoms with Gasteiger partial charge in [0.15, 0.2) is 11.9 Å². The smallest absolute Gasteiger partial charge is 0.337 e. The van der Waals surface area contributed by atoms with E-state index in [4.69, 9.17) is 16.7 Å².